The van der Waals surface area contributed by atoms with Crippen molar-refractivity contribution in [2.45, 2.75) is 126 Å². The van der Waals surface area contributed by atoms with Crippen molar-refractivity contribution in [3.63, 3.8) is 0 Å². The van der Waals surface area contributed by atoms with E-state index in [1.54, 1.807) is 0 Å². The Hall–Kier alpha value is -7.56. The van der Waals surface area contributed by atoms with Crippen LogP contribution in [0.25, 0.3) is 28.2 Å². The standard InChI is InChI=1S/C73H70N2O2/c1-39-29-51(30-40(2)47(39)9)74(52-31-41(3)48(10)42(4)32-52)63-37-61-69(71-67(63)57-23-15-19-27-65(57)76-71)70-62(73(61)59-25-17-13-21-55(59)56-22-14-18-26-60(56)73)38-64(68-58-24-16-20-28-66(58)77-72(68)70)75(53-33-43(5)49(11)44(6)34-53)54-35-45(7)50(12)46(8)36-54/h13,15,17-21,23,25-38,43,49,67,71H,14,16,22,24H2,1-12H3. The largest absolute Gasteiger partial charge is 0.484 e. The van der Waals surface area contributed by atoms with Crippen LogP contribution in [0.3, 0.4) is 0 Å². The van der Waals surface area contributed by atoms with Gasteiger partial charge in [0.15, 0.2) is 0 Å². The Bertz CT molecular complexity index is 3900. The van der Waals surface area contributed by atoms with E-state index in [0.717, 1.165) is 42.8 Å². The van der Waals surface area contributed by atoms with Crippen LogP contribution in [0.15, 0.2) is 160 Å². The minimum atomic E-state index is -0.697. The molecule has 0 N–H and O–H groups in total. The number of anilines is 4. The first-order valence-corrected chi connectivity index (χ1v) is 28.4. The zero-order valence-electron chi connectivity index (χ0n) is 47.1. The van der Waals surface area contributed by atoms with Gasteiger partial charge in [-0.2, -0.15) is 0 Å². The molecule has 7 aromatic rings. The minimum Gasteiger partial charge on any atom is -0.484 e. The second-order valence-corrected chi connectivity index (χ2v) is 23.9. The molecule has 0 fully saturated rings. The number of allylic oxidation sites excluding steroid dienone is 10. The third kappa shape index (κ3) is 6.69. The van der Waals surface area contributed by atoms with E-state index >= 15 is 0 Å². The zero-order chi connectivity index (χ0) is 53.1. The molecule has 6 aromatic carbocycles. The molecule has 1 aromatic heterocycles. The lowest BCUT2D eigenvalue weighted by Crippen LogP contribution is -2.35. The Labute approximate surface area is 456 Å². The van der Waals surface area contributed by atoms with Crippen LogP contribution >= 0.6 is 0 Å². The minimum absolute atomic E-state index is 0.137. The van der Waals surface area contributed by atoms with E-state index in [-0.39, 0.29) is 12.0 Å². The van der Waals surface area contributed by atoms with Gasteiger partial charge in [0, 0.05) is 56.1 Å². The van der Waals surface area contributed by atoms with Crippen LogP contribution in [0, 0.1) is 74.1 Å². The van der Waals surface area contributed by atoms with Crippen molar-refractivity contribution in [2.24, 2.45) is 11.8 Å². The number of aryl methyl sites for hydroxylation is 7. The first kappa shape index (κ1) is 47.9. The van der Waals surface area contributed by atoms with Crippen molar-refractivity contribution < 1.29 is 9.15 Å². The molecule has 0 radical (unpaired) electrons. The van der Waals surface area contributed by atoms with E-state index in [0.29, 0.717) is 11.8 Å². The van der Waals surface area contributed by atoms with E-state index in [1.807, 2.05) is 0 Å². The van der Waals surface area contributed by atoms with E-state index in [1.165, 1.54) is 151 Å². The molecule has 0 amide bonds. The summed E-state index contributed by atoms with van der Waals surface area (Å²) in [5.74, 6) is 2.57. The summed E-state index contributed by atoms with van der Waals surface area (Å²) in [5.41, 5.74) is 33.6. The molecule has 14 rings (SSSR count). The van der Waals surface area contributed by atoms with Gasteiger partial charge in [-0.3, -0.25) is 0 Å². The fourth-order valence-electron chi connectivity index (χ4n) is 14.8. The summed E-state index contributed by atoms with van der Waals surface area (Å²) >= 11 is 0. The second-order valence-electron chi connectivity index (χ2n) is 23.9. The SMILES string of the molecule is CC1=CC(N(c2cc(C)c(C)c(C)c2)c2cc3c(c4oc5c(c24)CCC=C5)C2=C(C=C(N(c4cc(C)c(C)c(C)c4)c4cc(C)c(C)c(C)c4)C4c5ccccc5OC24)C32C3=C(CCC=C3)c3ccccc32)=CC(C)C1C. The molecule has 6 aliphatic carbocycles. The van der Waals surface area contributed by atoms with Gasteiger partial charge in [-0.1, -0.05) is 86.2 Å². The fourth-order valence-corrected chi connectivity index (χ4v) is 14.8. The van der Waals surface area contributed by atoms with Crippen molar-refractivity contribution in [3.8, 4) is 5.75 Å². The third-order valence-electron chi connectivity index (χ3n) is 19.8. The maximum absolute atomic E-state index is 7.72. The lowest BCUT2D eigenvalue weighted by atomic mass is 9.66. The summed E-state index contributed by atoms with van der Waals surface area (Å²) in [6.45, 7) is 27.5. The summed E-state index contributed by atoms with van der Waals surface area (Å²) in [6.07, 6.45) is 20.7. The second kappa shape index (κ2) is 17.2. The van der Waals surface area contributed by atoms with Gasteiger partial charge in [0.1, 0.15) is 23.2 Å². The molecule has 4 heteroatoms. The number of nitrogens with zero attached hydrogens (tertiary/aromatic N) is 2. The monoisotopic (exact) mass is 1010 g/mol. The van der Waals surface area contributed by atoms with Gasteiger partial charge < -0.3 is 19.0 Å². The Balaban J connectivity index is 1.16. The van der Waals surface area contributed by atoms with Crippen LogP contribution in [0.4, 0.5) is 22.7 Å². The van der Waals surface area contributed by atoms with Crippen LogP contribution < -0.4 is 14.5 Å². The molecule has 0 bridgehead atoms. The number of benzene rings is 6. The van der Waals surface area contributed by atoms with Crippen LogP contribution in [0.5, 0.6) is 5.75 Å². The highest BCUT2D eigenvalue weighted by atomic mass is 16.5. The number of ether oxygens (including phenoxy) is 1. The van der Waals surface area contributed by atoms with E-state index < -0.39 is 5.41 Å². The molecule has 1 spiro atoms. The predicted octanol–water partition coefficient (Wildman–Crippen LogP) is 18.9. The van der Waals surface area contributed by atoms with Gasteiger partial charge in [0.2, 0.25) is 0 Å². The molecular formula is C73H70N2O2. The van der Waals surface area contributed by atoms with Crippen molar-refractivity contribution in [2.75, 3.05) is 9.80 Å². The Kier molecular flexibility index (Phi) is 10.7. The normalized spacial score (nSPS) is 22.3. The Morgan fingerprint density at radius 2 is 1.19 bits per heavy atom. The average Bonchev–Trinajstić information content (AvgIpc) is 3.91. The lowest BCUT2D eigenvalue weighted by Gasteiger charge is -2.40. The van der Waals surface area contributed by atoms with Gasteiger partial charge in [0.05, 0.1) is 17.0 Å². The highest BCUT2D eigenvalue weighted by molar-refractivity contribution is 6.11. The van der Waals surface area contributed by atoms with Gasteiger partial charge in [0.25, 0.3) is 0 Å². The van der Waals surface area contributed by atoms with Crippen molar-refractivity contribution in [1.29, 1.82) is 0 Å². The number of hydrogen-bond donors (Lipinski definition) is 0. The molecule has 5 unspecified atom stereocenters. The van der Waals surface area contributed by atoms with Crippen LogP contribution in [-0.4, -0.2) is 6.10 Å². The van der Waals surface area contributed by atoms with E-state index in [2.05, 4.69) is 226 Å². The molecule has 4 nitrogen and oxygen atoms in total. The highest BCUT2D eigenvalue weighted by Crippen LogP contribution is 2.69. The van der Waals surface area contributed by atoms with Crippen molar-refractivity contribution in [3.05, 3.63) is 245 Å². The molecule has 77 heavy (non-hydrogen) atoms. The quantitative estimate of drug-likeness (QED) is 0.166. The average molecular weight is 1010 g/mol. The smallest absolute Gasteiger partial charge is 0.145 e. The van der Waals surface area contributed by atoms with E-state index in [4.69, 9.17) is 9.15 Å². The van der Waals surface area contributed by atoms with Gasteiger partial charge in [-0.05, 0) is 257 Å². The topological polar surface area (TPSA) is 28.9 Å². The van der Waals surface area contributed by atoms with Crippen molar-refractivity contribution >= 4 is 50.9 Å². The van der Waals surface area contributed by atoms with E-state index in [9.17, 15) is 0 Å². The molecule has 0 saturated heterocycles. The highest BCUT2D eigenvalue weighted by Gasteiger charge is 2.60. The first-order valence-electron chi connectivity index (χ1n) is 28.4. The maximum atomic E-state index is 7.72. The number of rotatable bonds is 6. The van der Waals surface area contributed by atoms with Crippen LogP contribution in [0.2, 0.25) is 0 Å². The van der Waals surface area contributed by atoms with Gasteiger partial charge >= 0.3 is 0 Å². The number of hydrogen-bond acceptors (Lipinski definition) is 4. The summed E-state index contributed by atoms with van der Waals surface area (Å²) in [6, 6.07) is 35.4. The number of fused-ring (bicyclic) bond motifs is 16. The molecule has 384 valence electrons. The summed E-state index contributed by atoms with van der Waals surface area (Å²) in [7, 11) is 0. The number of furan rings is 1. The Morgan fingerprint density at radius 3 is 1.86 bits per heavy atom. The molecule has 1 aliphatic heterocycles. The third-order valence-corrected chi connectivity index (χ3v) is 19.8. The summed E-state index contributed by atoms with van der Waals surface area (Å²) in [4.78, 5) is 5.24. The molecular weight excluding hydrogens is 937 g/mol. The first-order chi connectivity index (χ1) is 37.1. The fraction of sp³-hybridized carbons (Fsp3) is 0.288. The van der Waals surface area contributed by atoms with Gasteiger partial charge in [-0.15, -0.1) is 0 Å². The maximum Gasteiger partial charge on any atom is 0.145 e. The molecule has 5 atom stereocenters. The van der Waals surface area contributed by atoms with Crippen molar-refractivity contribution in [1.82, 2.24) is 0 Å². The summed E-state index contributed by atoms with van der Waals surface area (Å²) in [5, 5.41) is 1.21. The van der Waals surface area contributed by atoms with Crippen LogP contribution in [-0.2, 0) is 11.8 Å². The molecule has 0 saturated carbocycles. The number of para-hydroxylation sites is 1. The molecule has 7 aliphatic rings. The predicted molar refractivity (Wildman–Crippen MR) is 321 cm³/mol. The van der Waals surface area contributed by atoms with Gasteiger partial charge in [-0.25, -0.2) is 0 Å². The molecule has 2 heterocycles. The summed E-state index contributed by atoms with van der Waals surface area (Å²) < 4.78 is 15.4. The Morgan fingerprint density at radius 1 is 0.597 bits per heavy atom. The van der Waals surface area contributed by atoms with Crippen LogP contribution in [0.1, 0.15) is 135 Å². The zero-order valence-corrected chi connectivity index (χ0v) is 47.1. The lowest BCUT2D eigenvalue weighted by molar-refractivity contribution is 0.273.